The third-order valence-corrected chi connectivity index (χ3v) is 3.46. The van der Waals surface area contributed by atoms with Crippen LogP contribution in [0.2, 0.25) is 0 Å². The molecule has 0 aliphatic carbocycles. The Hall–Kier alpha value is -1.74. The first-order valence-corrected chi connectivity index (χ1v) is 6.44. The fraction of sp³-hybridized carbons (Fsp3) is 0.312. The van der Waals surface area contributed by atoms with Crippen molar-refractivity contribution in [3.05, 3.63) is 64.7 Å². The number of aryl methyl sites for hydroxylation is 2. The largest absolute Gasteiger partial charge is 0.313 e. The standard InChI is InChI=1S/C16H19FN2/c1-11-4-5-12(2)13(8-11)9-16(18-3)14-6-7-19-10-15(14)17/h4-8,10,16,18H,9H2,1-3H3. The average Bonchev–Trinajstić information content (AvgIpc) is 2.41. The second kappa shape index (κ2) is 5.93. The molecule has 0 fully saturated rings. The van der Waals surface area contributed by atoms with Gasteiger partial charge in [0.05, 0.1) is 6.20 Å². The maximum absolute atomic E-state index is 13.8. The smallest absolute Gasteiger partial charge is 0.146 e. The van der Waals surface area contributed by atoms with Crippen molar-refractivity contribution in [1.82, 2.24) is 10.3 Å². The van der Waals surface area contributed by atoms with Gasteiger partial charge in [0.1, 0.15) is 5.82 Å². The second-order valence-corrected chi connectivity index (χ2v) is 4.87. The van der Waals surface area contributed by atoms with Crippen molar-refractivity contribution in [1.29, 1.82) is 0 Å². The molecule has 0 spiro atoms. The molecule has 1 atom stereocenters. The van der Waals surface area contributed by atoms with Crippen molar-refractivity contribution >= 4 is 0 Å². The highest BCUT2D eigenvalue weighted by Gasteiger charge is 2.15. The number of halogens is 1. The summed E-state index contributed by atoms with van der Waals surface area (Å²) in [4.78, 5) is 3.80. The number of pyridine rings is 1. The van der Waals surface area contributed by atoms with E-state index >= 15 is 0 Å². The Kier molecular flexibility index (Phi) is 4.27. The SMILES string of the molecule is CNC(Cc1cc(C)ccc1C)c1ccncc1F. The second-order valence-electron chi connectivity index (χ2n) is 4.87. The van der Waals surface area contributed by atoms with E-state index in [4.69, 9.17) is 0 Å². The van der Waals surface area contributed by atoms with E-state index in [2.05, 4.69) is 42.3 Å². The summed E-state index contributed by atoms with van der Waals surface area (Å²) in [5.41, 5.74) is 4.37. The molecule has 0 saturated carbocycles. The zero-order chi connectivity index (χ0) is 13.8. The molecule has 3 heteroatoms. The highest BCUT2D eigenvalue weighted by atomic mass is 19.1. The highest BCUT2D eigenvalue weighted by molar-refractivity contribution is 5.32. The highest BCUT2D eigenvalue weighted by Crippen LogP contribution is 2.22. The van der Waals surface area contributed by atoms with Gasteiger partial charge in [0.25, 0.3) is 0 Å². The molecule has 1 heterocycles. The molecule has 0 amide bonds. The summed E-state index contributed by atoms with van der Waals surface area (Å²) in [6.45, 7) is 4.16. The molecule has 100 valence electrons. The van der Waals surface area contributed by atoms with Gasteiger partial charge in [-0.25, -0.2) is 4.39 Å². The Morgan fingerprint density at radius 3 is 2.74 bits per heavy atom. The van der Waals surface area contributed by atoms with Crippen molar-refractivity contribution in [3.8, 4) is 0 Å². The van der Waals surface area contributed by atoms with Crippen LogP contribution in [0.5, 0.6) is 0 Å². The maximum Gasteiger partial charge on any atom is 0.146 e. The number of hydrogen-bond acceptors (Lipinski definition) is 2. The van der Waals surface area contributed by atoms with Crippen LogP contribution in [0.15, 0.2) is 36.7 Å². The van der Waals surface area contributed by atoms with E-state index in [0.29, 0.717) is 5.56 Å². The summed E-state index contributed by atoms with van der Waals surface area (Å²) in [5, 5.41) is 3.19. The van der Waals surface area contributed by atoms with Crippen LogP contribution >= 0.6 is 0 Å². The lowest BCUT2D eigenvalue weighted by Crippen LogP contribution is -2.20. The molecule has 0 radical (unpaired) electrons. The molecule has 1 aromatic heterocycles. The number of benzene rings is 1. The molecule has 1 N–H and O–H groups in total. The lowest BCUT2D eigenvalue weighted by atomic mass is 9.95. The van der Waals surface area contributed by atoms with Gasteiger partial charge in [0, 0.05) is 17.8 Å². The van der Waals surface area contributed by atoms with E-state index in [1.54, 1.807) is 12.3 Å². The number of nitrogens with one attached hydrogen (secondary N) is 1. The molecule has 19 heavy (non-hydrogen) atoms. The number of likely N-dealkylation sites (N-methyl/N-ethyl adjacent to an activating group) is 1. The lowest BCUT2D eigenvalue weighted by molar-refractivity contribution is 0.529. The molecule has 2 nitrogen and oxygen atoms in total. The van der Waals surface area contributed by atoms with Crippen LogP contribution in [0.25, 0.3) is 0 Å². The lowest BCUT2D eigenvalue weighted by Gasteiger charge is -2.18. The number of nitrogens with zero attached hydrogens (tertiary/aromatic N) is 1. The van der Waals surface area contributed by atoms with Crippen molar-refractivity contribution in [2.24, 2.45) is 0 Å². The quantitative estimate of drug-likeness (QED) is 0.909. The van der Waals surface area contributed by atoms with Crippen molar-refractivity contribution < 1.29 is 4.39 Å². The van der Waals surface area contributed by atoms with Crippen LogP contribution in [0.4, 0.5) is 4.39 Å². The first kappa shape index (κ1) is 13.7. The van der Waals surface area contributed by atoms with E-state index in [0.717, 1.165) is 6.42 Å². The van der Waals surface area contributed by atoms with E-state index < -0.39 is 0 Å². The van der Waals surface area contributed by atoms with Crippen LogP contribution in [-0.2, 0) is 6.42 Å². The van der Waals surface area contributed by atoms with E-state index in [-0.39, 0.29) is 11.9 Å². The monoisotopic (exact) mass is 258 g/mol. The number of hydrogen-bond donors (Lipinski definition) is 1. The van der Waals surface area contributed by atoms with Gasteiger partial charge < -0.3 is 5.32 Å². The predicted molar refractivity (Wildman–Crippen MR) is 75.6 cm³/mol. The van der Waals surface area contributed by atoms with Gasteiger partial charge in [-0.3, -0.25) is 4.98 Å². The Labute approximate surface area is 113 Å². The Morgan fingerprint density at radius 2 is 2.05 bits per heavy atom. The van der Waals surface area contributed by atoms with E-state index in [1.165, 1.54) is 22.9 Å². The Bertz CT molecular complexity index is 566. The normalized spacial score (nSPS) is 12.4. The van der Waals surface area contributed by atoms with Gasteiger partial charge in [-0.15, -0.1) is 0 Å². The summed E-state index contributed by atoms with van der Waals surface area (Å²) < 4.78 is 13.8. The van der Waals surface area contributed by atoms with Crippen LogP contribution in [-0.4, -0.2) is 12.0 Å². The summed E-state index contributed by atoms with van der Waals surface area (Å²) in [6, 6.07) is 8.07. The number of aromatic nitrogens is 1. The Morgan fingerprint density at radius 1 is 1.26 bits per heavy atom. The van der Waals surface area contributed by atoms with Crippen LogP contribution in [0.3, 0.4) is 0 Å². The van der Waals surface area contributed by atoms with Crippen LogP contribution < -0.4 is 5.32 Å². The molecular formula is C16H19FN2. The van der Waals surface area contributed by atoms with Gasteiger partial charge in [-0.05, 0) is 44.5 Å². The number of rotatable bonds is 4. The molecule has 2 aromatic rings. The van der Waals surface area contributed by atoms with Gasteiger partial charge in [-0.1, -0.05) is 23.8 Å². The fourth-order valence-corrected chi connectivity index (χ4v) is 2.28. The van der Waals surface area contributed by atoms with Gasteiger partial charge >= 0.3 is 0 Å². The molecular weight excluding hydrogens is 239 g/mol. The zero-order valence-corrected chi connectivity index (χ0v) is 11.6. The molecule has 0 bridgehead atoms. The average molecular weight is 258 g/mol. The summed E-state index contributed by atoms with van der Waals surface area (Å²) in [7, 11) is 1.86. The van der Waals surface area contributed by atoms with Crippen LogP contribution in [0, 0.1) is 19.7 Å². The molecule has 1 aromatic carbocycles. The van der Waals surface area contributed by atoms with Crippen LogP contribution in [0.1, 0.15) is 28.3 Å². The third-order valence-electron chi connectivity index (χ3n) is 3.46. The van der Waals surface area contributed by atoms with Crippen molar-refractivity contribution in [3.63, 3.8) is 0 Å². The van der Waals surface area contributed by atoms with Crippen molar-refractivity contribution in [2.45, 2.75) is 26.3 Å². The maximum atomic E-state index is 13.8. The summed E-state index contributed by atoms with van der Waals surface area (Å²) >= 11 is 0. The molecule has 0 aliphatic rings. The zero-order valence-electron chi connectivity index (χ0n) is 11.6. The van der Waals surface area contributed by atoms with E-state index in [1.807, 2.05) is 7.05 Å². The summed E-state index contributed by atoms with van der Waals surface area (Å²) in [6.07, 6.45) is 3.67. The van der Waals surface area contributed by atoms with Crippen molar-refractivity contribution in [2.75, 3.05) is 7.05 Å². The third kappa shape index (κ3) is 3.18. The van der Waals surface area contributed by atoms with E-state index in [9.17, 15) is 4.39 Å². The minimum absolute atomic E-state index is 0.0384. The first-order valence-electron chi connectivity index (χ1n) is 6.44. The topological polar surface area (TPSA) is 24.9 Å². The first-order chi connectivity index (χ1) is 9.11. The predicted octanol–water partition coefficient (Wildman–Crippen LogP) is 3.34. The molecule has 1 unspecified atom stereocenters. The molecule has 0 aliphatic heterocycles. The van der Waals surface area contributed by atoms with Gasteiger partial charge in [0.2, 0.25) is 0 Å². The Balaban J connectivity index is 2.29. The molecule has 0 saturated heterocycles. The summed E-state index contributed by atoms with van der Waals surface area (Å²) in [5.74, 6) is -0.257. The minimum Gasteiger partial charge on any atom is -0.313 e. The molecule has 2 rings (SSSR count). The van der Waals surface area contributed by atoms with Gasteiger partial charge in [-0.2, -0.15) is 0 Å². The fourth-order valence-electron chi connectivity index (χ4n) is 2.28. The minimum atomic E-state index is -0.257. The van der Waals surface area contributed by atoms with Gasteiger partial charge in [0.15, 0.2) is 0 Å².